The number of aromatic hydroxyl groups is 1. The van der Waals surface area contributed by atoms with Crippen molar-refractivity contribution in [1.29, 1.82) is 0 Å². The van der Waals surface area contributed by atoms with Gasteiger partial charge in [-0.05, 0) is 68.4 Å². The van der Waals surface area contributed by atoms with E-state index in [4.69, 9.17) is 16.3 Å². The highest BCUT2D eigenvalue weighted by Crippen LogP contribution is 2.48. The number of esters is 1. The molecule has 5 nitrogen and oxygen atoms in total. The van der Waals surface area contributed by atoms with Crippen LogP contribution in [0.1, 0.15) is 74.8 Å². The summed E-state index contributed by atoms with van der Waals surface area (Å²) >= 11 is 6.34. The predicted molar refractivity (Wildman–Crippen MR) is 135 cm³/mol. The van der Waals surface area contributed by atoms with Crippen LogP contribution in [-0.2, 0) is 14.3 Å². The molecule has 3 aliphatic rings. The fourth-order valence-electron chi connectivity index (χ4n) is 5.84. The van der Waals surface area contributed by atoms with E-state index in [1.165, 1.54) is 6.07 Å². The molecule has 2 unspecified atom stereocenters. The first kappa shape index (κ1) is 24.6. The van der Waals surface area contributed by atoms with Gasteiger partial charge < -0.3 is 15.2 Å². The van der Waals surface area contributed by atoms with E-state index in [0.29, 0.717) is 51.5 Å². The molecule has 1 aliphatic heterocycles. The summed E-state index contributed by atoms with van der Waals surface area (Å²) in [6.07, 6.45) is 4.57. The molecule has 0 radical (unpaired) electrons. The Morgan fingerprint density at radius 1 is 1.17 bits per heavy atom. The molecular formula is C29H29ClFNO4. The van der Waals surface area contributed by atoms with E-state index in [1.807, 2.05) is 13.0 Å². The minimum Gasteiger partial charge on any atom is -0.508 e. The number of allylic oxidation sites excluding steroid dienone is 3. The number of carbonyl (C=O) groups excluding carboxylic acids is 2. The molecule has 2 atom stereocenters. The van der Waals surface area contributed by atoms with E-state index < -0.39 is 23.6 Å². The number of Topliss-reactive ketones (excluding diaryl/α,β-unsaturated/α-hetero) is 1. The van der Waals surface area contributed by atoms with Crippen molar-refractivity contribution in [3.8, 4) is 5.75 Å². The van der Waals surface area contributed by atoms with Gasteiger partial charge in [0.15, 0.2) is 5.78 Å². The van der Waals surface area contributed by atoms with E-state index >= 15 is 0 Å². The predicted octanol–water partition coefficient (Wildman–Crippen LogP) is 6.42. The summed E-state index contributed by atoms with van der Waals surface area (Å²) < 4.78 is 20.6. The zero-order valence-corrected chi connectivity index (χ0v) is 20.9. The van der Waals surface area contributed by atoms with Crippen LogP contribution >= 0.6 is 11.6 Å². The smallest absolute Gasteiger partial charge is 0.337 e. The van der Waals surface area contributed by atoms with Crippen molar-refractivity contribution in [3.05, 3.63) is 87.0 Å². The molecule has 2 aromatic rings. The van der Waals surface area contributed by atoms with Crippen molar-refractivity contribution in [1.82, 2.24) is 5.32 Å². The average molecular weight is 510 g/mol. The standard InChI is InChI=1S/C29H29ClFNO4/c1-2-22-28(29(35)36-19-9-3-4-10-19)26(16-7-5-8-18(33)13-16)27-23(32-22)14-17(15-24(27)34)25-20(30)11-6-12-21(25)31/h5-8,11-13,17,19,26,32-33H,2-4,9-10,14-15H2,1H3. The second-order valence-corrected chi connectivity index (χ2v) is 10.2. The molecular weight excluding hydrogens is 481 g/mol. The van der Waals surface area contributed by atoms with Gasteiger partial charge in [-0.3, -0.25) is 4.79 Å². The van der Waals surface area contributed by atoms with Gasteiger partial charge in [-0.1, -0.05) is 36.7 Å². The monoisotopic (exact) mass is 509 g/mol. The van der Waals surface area contributed by atoms with Gasteiger partial charge in [0, 0.05) is 45.8 Å². The molecule has 1 fully saturated rings. The van der Waals surface area contributed by atoms with E-state index in [0.717, 1.165) is 25.7 Å². The number of dihydropyridines is 1. The lowest BCUT2D eigenvalue weighted by molar-refractivity contribution is -0.144. The van der Waals surface area contributed by atoms with Gasteiger partial charge in [-0.25, -0.2) is 9.18 Å². The Labute approximate surface area is 215 Å². The second-order valence-electron chi connectivity index (χ2n) is 9.77. The Balaban J connectivity index is 1.59. The van der Waals surface area contributed by atoms with Crippen LogP contribution in [0.4, 0.5) is 4.39 Å². The molecule has 2 N–H and O–H groups in total. The molecule has 36 heavy (non-hydrogen) atoms. The largest absolute Gasteiger partial charge is 0.508 e. The van der Waals surface area contributed by atoms with Crippen molar-refractivity contribution in [2.24, 2.45) is 0 Å². The number of halogens is 2. The van der Waals surface area contributed by atoms with Gasteiger partial charge in [0.25, 0.3) is 0 Å². The van der Waals surface area contributed by atoms with Crippen LogP contribution in [0.5, 0.6) is 5.75 Å². The van der Waals surface area contributed by atoms with Crippen LogP contribution in [0, 0.1) is 5.82 Å². The molecule has 0 spiro atoms. The summed E-state index contributed by atoms with van der Waals surface area (Å²) in [4.78, 5) is 27.3. The summed E-state index contributed by atoms with van der Waals surface area (Å²) in [6.45, 7) is 1.94. The number of ketones is 1. The van der Waals surface area contributed by atoms with Crippen LogP contribution in [0.15, 0.2) is 65.0 Å². The summed E-state index contributed by atoms with van der Waals surface area (Å²) in [5, 5.41) is 13.9. The van der Waals surface area contributed by atoms with Crippen molar-refractivity contribution in [3.63, 3.8) is 0 Å². The second kappa shape index (κ2) is 10.1. The molecule has 1 heterocycles. The van der Waals surface area contributed by atoms with Gasteiger partial charge in [0.05, 0.1) is 5.57 Å². The summed E-state index contributed by atoms with van der Waals surface area (Å²) in [5.74, 6) is -2.10. The quantitative estimate of drug-likeness (QED) is 0.455. The molecule has 0 saturated heterocycles. The summed E-state index contributed by atoms with van der Waals surface area (Å²) in [6, 6.07) is 11.2. The number of ether oxygens (including phenoxy) is 1. The van der Waals surface area contributed by atoms with Gasteiger partial charge in [-0.15, -0.1) is 0 Å². The van der Waals surface area contributed by atoms with Gasteiger partial charge in [-0.2, -0.15) is 0 Å². The Morgan fingerprint density at radius 2 is 1.92 bits per heavy atom. The number of hydrogen-bond donors (Lipinski definition) is 2. The molecule has 5 rings (SSSR count). The minimum absolute atomic E-state index is 0.0500. The van der Waals surface area contributed by atoms with E-state index in [2.05, 4.69) is 5.32 Å². The highest BCUT2D eigenvalue weighted by atomic mass is 35.5. The zero-order chi connectivity index (χ0) is 25.4. The van der Waals surface area contributed by atoms with Crippen LogP contribution in [0.2, 0.25) is 5.02 Å². The lowest BCUT2D eigenvalue weighted by Gasteiger charge is -2.37. The number of phenolic OH excluding ortho intramolecular Hbond substituents is 1. The topological polar surface area (TPSA) is 75.6 Å². The minimum atomic E-state index is -0.679. The van der Waals surface area contributed by atoms with Crippen LogP contribution in [0.25, 0.3) is 0 Å². The fourth-order valence-corrected chi connectivity index (χ4v) is 6.15. The van der Waals surface area contributed by atoms with Crippen molar-refractivity contribution in [2.45, 2.75) is 69.8 Å². The first-order chi connectivity index (χ1) is 17.4. The molecule has 2 aliphatic carbocycles. The fraction of sp³-hybridized carbons (Fsp3) is 0.379. The number of carbonyl (C=O) groups is 2. The van der Waals surface area contributed by atoms with E-state index in [-0.39, 0.29) is 24.1 Å². The molecule has 7 heteroatoms. The summed E-state index contributed by atoms with van der Waals surface area (Å²) in [5.41, 5.74) is 3.20. The Morgan fingerprint density at radius 3 is 2.61 bits per heavy atom. The number of hydrogen-bond acceptors (Lipinski definition) is 5. The normalized spacial score (nSPS) is 22.5. The molecule has 1 saturated carbocycles. The van der Waals surface area contributed by atoms with Crippen molar-refractivity contribution >= 4 is 23.4 Å². The molecule has 188 valence electrons. The lowest BCUT2D eigenvalue weighted by atomic mass is 9.71. The molecule has 0 bridgehead atoms. The number of phenols is 1. The maximum absolute atomic E-state index is 14.7. The highest BCUT2D eigenvalue weighted by molar-refractivity contribution is 6.31. The van der Waals surface area contributed by atoms with E-state index in [9.17, 15) is 19.1 Å². The maximum Gasteiger partial charge on any atom is 0.337 e. The third-order valence-corrected chi connectivity index (χ3v) is 7.80. The lowest BCUT2D eigenvalue weighted by Crippen LogP contribution is -2.37. The third-order valence-electron chi connectivity index (χ3n) is 7.47. The molecule has 0 amide bonds. The SMILES string of the molecule is CCC1=C(C(=O)OC2CCCC2)C(c2cccc(O)c2)C2=C(CC(c3c(F)cccc3Cl)CC2=O)N1. The van der Waals surface area contributed by atoms with Crippen molar-refractivity contribution in [2.75, 3.05) is 0 Å². The number of benzene rings is 2. The summed E-state index contributed by atoms with van der Waals surface area (Å²) in [7, 11) is 0. The average Bonchev–Trinajstić information content (AvgIpc) is 3.35. The maximum atomic E-state index is 14.7. The highest BCUT2D eigenvalue weighted by Gasteiger charge is 2.43. The zero-order valence-electron chi connectivity index (χ0n) is 20.2. The van der Waals surface area contributed by atoms with Crippen LogP contribution < -0.4 is 5.32 Å². The third kappa shape index (κ3) is 4.55. The first-order valence-corrected chi connectivity index (χ1v) is 12.9. The van der Waals surface area contributed by atoms with Crippen molar-refractivity contribution < 1.29 is 23.8 Å². The molecule has 0 aromatic heterocycles. The van der Waals surface area contributed by atoms with Gasteiger partial charge >= 0.3 is 5.97 Å². The van der Waals surface area contributed by atoms with Gasteiger partial charge in [0.2, 0.25) is 0 Å². The Bertz CT molecular complexity index is 1260. The number of nitrogens with one attached hydrogen (secondary N) is 1. The van der Waals surface area contributed by atoms with Gasteiger partial charge in [0.1, 0.15) is 17.7 Å². The Kier molecular flexibility index (Phi) is 6.89. The van der Waals surface area contributed by atoms with Crippen LogP contribution in [-0.4, -0.2) is 23.0 Å². The van der Waals surface area contributed by atoms with E-state index in [1.54, 1.807) is 30.3 Å². The van der Waals surface area contributed by atoms with Crippen LogP contribution in [0.3, 0.4) is 0 Å². The number of rotatable bonds is 5. The first-order valence-electron chi connectivity index (χ1n) is 12.6. The Hall–Kier alpha value is -3.12. The molecule has 2 aromatic carbocycles.